The molecule has 0 spiro atoms. The summed E-state index contributed by atoms with van der Waals surface area (Å²) in [7, 11) is -4.07. The van der Waals surface area contributed by atoms with Crippen molar-refractivity contribution in [1.82, 2.24) is 0 Å². The number of benzene rings is 2. The van der Waals surface area contributed by atoms with Crippen LogP contribution in [0.3, 0.4) is 0 Å². The van der Waals surface area contributed by atoms with E-state index in [1.165, 1.54) is 23.5 Å². The van der Waals surface area contributed by atoms with Crippen LogP contribution in [0.4, 0.5) is 4.39 Å². The molecule has 0 aliphatic rings. The zero-order valence-electron chi connectivity index (χ0n) is 15.4. The molecule has 0 radical (unpaired) electrons. The number of halogens is 2. The first kappa shape index (κ1) is 21.5. The lowest BCUT2D eigenvalue weighted by atomic mass is 10.1. The highest BCUT2D eigenvalue weighted by atomic mass is 79.9. The average molecular weight is 487 g/mol. The van der Waals surface area contributed by atoms with Gasteiger partial charge in [-0.15, -0.1) is 11.3 Å². The lowest BCUT2D eigenvalue weighted by Gasteiger charge is -2.25. The van der Waals surface area contributed by atoms with Gasteiger partial charge in [-0.2, -0.15) is 0 Å². The molecule has 0 fully saturated rings. The first-order valence-corrected chi connectivity index (χ1v) is 12.1. The molecule has 0 saturated carbocycles. The Morgan fingerprint density at radius 1 is 1.29 bits per heavy atom. The van der Waals surface area contributed by atoms with Crippen LogP contribution in [-0.2, 0) is 15.5 Å². The monoisotopic (exact) mass is 486 g/mol. The van der Waals surface area contributed by atoms with Crippen LogP contribution in [0, 0.1) is 5.82 Å². The maximum Gasteiger partial charge on any atom is 0.336 e. The van der Waals surface area contributed by atoms with Gasteiger partial charge in [0.25, 0.3) is 0 Å². The van der Waals surface area contributed by atoms with Crippen molar-refractivity contribution in [1.29, 1.82) is 0 Å². The lowest BCUT2D eigenvalue weighted by molar-refractivity contribution is 0.180. The highest BCUT2D eigenvalue weighted by molar-refractivity contribution is 9.10. The Morgan fingerprint density at radius 3 is 2.64 bits per heavy atom. The fraction of sp³-hybridized carbons (Fsp3) is 0.300. The van der Waals surface area contributed by atoms with Crippen molar-refractivity contribution in [3.05, 3.63) is 63.2 Å². The van der Waals surface area contributed by atoms with Gasteiger partial charge in [0.2, 0.25) is 0 Å². The van der Waals surface area contributed by atoms with Crippen molar-refractivity contribution in [2.24, 2.45) is 0 Å². The van der Waals surface area contributed by atoms with Crippen molar-refractivity contribution >= 4 is 44.9 Å². The molecule has 28 heavy (non-hydrogen) atoms. The summed E-state index contributed by atoms with van der Waals surface area (Å²) >= 11 is 5.01. The molecule has 4 nitrogen and oxygen atoms in total. The molecule has 0 bridgehead atoms. The van der Waals surface area contributed by atoms with E-state index in [0.717, 1.165) is 20.6 Å². The second-order valence-corrected chi connectivity index (χ2v) is 10.5. The summed E-state index contributed by atoms with van der Waals surface area (Å²) in [4.78, 5) is 11.5. The van der Waals surface area contributed by atoms with Gasteiger partial charge in [-0.05, 0) is 59.5 Å². The van der Waals surface area contributed by atoms with Gasteiger partial charge in [-0.3, -0.25) is 4.57 Å². The van der Waals surface area contributed by atoms with Crippen molar-refractivity contribution in [2.45, 2.75) is 38.5 Å². The number of aromatic hydroxyl groups is 1. The minimum absolute atomic E-state index is 0.128. The summed E-state index contributed by atoms with van der Waals surface area (Å²) in [5, 5.41) is 10.7. The zero-order chi connectivity index (χ0) is 20.5. The summed E-state index contributed by atoms with van der Waals surface area (Å²) in [6.07, 6.45) is 0.346. The number of phenols is 1. The smallest absolute Gasteiger partial charge is 0.336 e. The first-order chi connectivity index (χ1) is 13.2. The number of phenolic OH excluding ortho intramolecular Hbond substituents is 1. The zero-order valence-corrected chi connectivity index (χ0v) is 18.7. The Hall–Kier alpha value is -1.24. The summed E-state index contributed by atoms with van der Waals surface area (Å²) in [5.41, 5.74) is -0.298. The van der Waals surface area contributed by atoms with E-state index in [9.17, 15) is 19.0 Å². The van der Waals surface area contributed by atoms with Gasteiger partial charge in [0.1, 0.15) is 5.66 Å². The number of thiophene rings is 1. The minimum atomic E-state index is -4.07. The van der Waals surface area contributed by atoms with Crippen LogP contribution in [0.2, 0.25) is 0 Å². The molecule has 0 amide bonds. The minimum Gasteiger partial charge on any atom is -0.505 e. The Kier molecular flexibility index (Phi) is 6.62. The van der Waals surface area contributed by atoms with Crippen molar-refractivity contribution in [2.75, 3.05) is 0 Å². The topological polar surface area (TPSA) is 66.8 Å². The van der Waals surface area contributed by atoms with E-state index >= 15 is 0 Å². The molecule has 150 valence electrons. The largest absolute Gasteiger partial charge is 0.505 e. The maximum absolute atomic E-state index is 13.4. The third-order valence-electron chi connectivity index (χ3n) is 4.60. The Morgan fingerprint density at radius 2 is 2.00 bits per heavy atom. The highest BCUT2D eigenvalue weighted by Crippen LogP contribution is 2.62. The van der Waals surface area contributed by atoms with Gasteiger partial charge in [0.05, 0.1) is 6.10 Å². The van der Waals surface area contributed by atoms with E-state index in [1.54, 1.807) is 6.92 Å². The first-order valence-electron chi connectivity index (χ1n) is 8.88. The fourth-order valence-electron chi connectivity index (χ4n) is 2.92. The maximum atomic E-state index is 13.4. The molecule has 8 heteroatoms. The molecule has 0 saturated heterocycles. The quantitative estimate of drug-likeness (QED) is 0.360. The van der Waals surface area contributed by atoms with Gasteiger partial charge in [0, 0.05) is 19.4 Å². The summed E-state index contributed by atoms with van der Waals surface area (Å²) < 4.78 is 34.0. The molecule has 0 aliphatic carbocycles. The van der Waals surface area contributed by atoms with Gasteiger partial charge < -0.3 is 14.5 Å². The SMILES string of the molecule is CCC(C)OP(=O)(O)C(Cc1ccc(F)c(O)c1)c1sc2ccccc2c1Br. The second kappa shape index (κ2) is 8.64. The van der Waals surface area contributed by atoms with Gasteiger partial charge in [-0.1, -0.05) is 31.2 Å². The molecular formula is C20H21BrFO4PS. The van der Waals surface area contributed by atoms with Gasteiger partial charge in [0.15, 0.2) is 11.6 Å². The molecule has 3 rings (SSSR count). The third-order valence-corrected chi connectivity index (χ3v) is 9.07. The summed E-state index contributed by atoms with van der Waals surface area (Å²) in [6.45, 7) is 3.64. The van der Waals surface area contributed by atoms with Crippen LogP contribution in [-0.4, -0.2) is 16.1 Å². The molecule has 2 N–H and O–H groups in total. The molecule has 1 heterocycles. The number of fused-ring (bicyclic) bond motifs is 1. The number of hydrogen-bond donors (Lipinski definition) is 2. The van der Waals surface area contributed by atoms with Crippen LogP contribution < -0.4 is 0 Å². The van der Waals surface area contributed by atoms with E-state index in [-0.39, 0.29) is 12.5 Å². The van der Waals surface area contributed by atoms with Crippen LogP contribution in [0.25, 0.3) is 10.1 Å². The van der Waals surface area contributed by atoms with E-state index in [1.807, 2.05) is 31.2 Å². The number of hydrogen-bond acceptors (Lipinski definition) is 4. The van der Waals surface area contributed by atoms with E-state index < -0.39 is 24.8 Å². The fourth-order valence-corrected chi connectivity index (χ4v) is 7.41. The molecule has 3 unspecified atom stereocenters. The third kappa shape index (κ3) is 4.50. The van der Waals surface area contributed by atoms with Gasteiger partial charge >= 0.3 is 7.60 Å². The Labute approximate surface area is 175 Å². The van der Waals surface area contributed by atoms with Crippen molar-refractivity contribution in [3.8, 4) is 5.75 Å². The molecule has 3 atom stereocenters. The van der Waals surface area contributed by atoms with E-state index in [0.29, 0.717) is 16.9 Å². The Balaban J connectivity index is 2.08. The summed E-state index contributed by atoms with van der Waals surface area (Å²) in [5.74, 6) is -1.21. The average Bonchev–Trinajstić information content (AvgIpc) is 2.98. The molecular weight excluding hydrogens is 466 g/mol. The van der Waals surface area contributed by atoms with Crippen LogP contribution in [0.1, 0.15) is 36.4 Å². The molecule has 0 aliphatic heterocycles. The van der Waals surface area contributed by atoms with Crippen molar-refractivity contribution < 1.29 is 23.5 Å². The van der Waals surface area contributed by atoms with Crippen molar-refractivity contribution in [3.63, 3.8) is 0 Å². The van der Waals surface area contributed by atoms with E-state index in [2.05, 4.69) is 15.9 Å². The Bertz CT molecular complexity index is 1040. The molecule has 2 aromatic carbocycles. The predicted molar refractivity (Wildman–Crippen MR) is 115 cm³/mol. The van der Waals surface area contributed by atoms with Crippen LogP contribution >= 0.6 is 34.9 Å². The normalized spacial score (nSPS) is 16.0. The molecule has 1 aromatic heterocycles. The highest BCUT2D eigenvalue weighted by Gasteiger charge is 2.38. The van der Waals surface area contributed by atoms with Crippen LogP contribution in [0.5, 0.6) is 5.75 Å². The molecule has 3 aromatic rings. The number of rotatable bonds is 7. The lowest BCUT2D eigenvalue weighted by Crippen LogP contribution is -2.11. The van der Waals surface area contributed by atoms with Crippen LogP contribution in [0.15, 0.2) is 46.9 Å². The second-order valence-electron chi connectivity index (χ2n) is 6.67. The standard InChI is InChI=1S/C20H21BrFO4PS/c1-3-12(2)26-27(24,25)17(11-13-8-9-15(22)16(23)10-13)20-19(21)14-6-4-5-7-18(14)28-20/h4-10,12,17,23H,3,11H2,1-2H3,(H,24,25). The summed E-state index contributed by atoms with van der Waals surface area (Å²) in [6, 6.07) is 11.7. The predicted octanol–water partition coefficient (Wildman–Crippen LogP) is 6.79. The van der Waals surface area contributed by atoms with Gasteiger partial charge in [-0.25, -0.2) is 4.39 Å². The van der Waals surface area contributed by atoms with E-state index in [4.69, 9.17) is 4.52 Å².